The summed E-state index contributed by atoms with van der Waals surface area (Å²) in [6.45, 7) is 3.65. The molecule has 36 heavy (non-hydrogen) atoms. The van der Waals surface area contributed by atoms with Gasteiger partial charge < -0.3 is 14.6 Å². The first-order valence-electron chi connectivity index (χ1n) is 12.0. The molecule has 10 heteroatoms. The van der Waals surface area contributed by atoms with Gasteiger partial charge in [0, 0.05) is 50.3 Å². The van der Waals surface area contributed by atoms with Crippen LogP contribution in [0.25, 0.3) is 16.6 Å². The fourth-order valence-electron chi connectivity index (χ4n) is 4.91. The quantitative estimate of drug-likeness (QED) is 0.446. The Kier molecular flexibility index (Phi) is 5.52. The molecule has 1 aliphatic carbocycles. The molecule has 4 aromatic rings. The van der Waals surface area contributed by atoms with Crippen LogP contribution in [0.5, 0.6) is 0 Å². The van der Waals surface area contributed by atoms with Crippen LogP contribution >= 0.6 is 0 Å². The molecule has 1 N–H and O–H groups in total. The zero-order chi connectivity index (χ0) is 24.8. The lowest BCUT2D eigenvalue weighted by atomic mass is 10.1. The van der Waals surface area contributed by atoms with Crippen LogP contribution in [0.3, 0.4) is 0 Å². The second kappa shape index (κ2) is 8.87. The predicted molar refractivity (Wildman–Crippen MR) is 132 cm³/mol. The van der Waals surface area contributed by atoms with Gasteiger partial charge in [0.05, 0.1) is 16.9 Å². The molecule has 0 radical (unpaired) electrons. The smallest absolute Gasteiger partial charge is 0.341 e. The van der Waals surface area contributed by atoms with Gasteiger partial charge in [-0.25, -0.2) is 18.9 Å². The number of carbonyl (C=O) groups is 1. The Labute approximate surface area is 206 Å². The highest BCUT2D eigenvalue weighted by Gasteiger charge is 2.28. The van der Waals surface area contributed by atoms with Crippen molar-refractivity contribution >= 4 is 22.6 Å². The number of nitrogens with zero attached hydrogens (tertiary/aromatic N) is 6. The fraction of sp³-hybridized carbons (Fsp3) is 0.308. The summed E-state index contributed by atoms with van der Waals surface area (Å²) in [6, 6.07) is 11.3. The maximum Gasteiger partial charge on any atom is 0.341 e. The van der Waals surface area contributed by atoms with Gasteiger partial charge in [-0.2, -0.15) is 5.10 Å². The van der Waals surface area contributed by atoms with Crippen LogP contribution in [-0.2, 0) is 6.54 Å². The van der Waals surface area contributed by atoms with Crippen molar-refractivity contribution in [1.82, 2.24) is 24.2 Å². The van der Waals surface area contributed by atoms with E-state index in [0.717, 1.165) is 38.2 Å². The van der Waals surface area contributed by atoms with Gasteiger partial charge in [-0.15, -0.1) is 0 Å². The molecule has 0 atom stereocenters. The van der Waals surface area contributed by atoms with Crippen molar-refractivity contribution < 1.29 is 14.3 Å². The van der Waals surface area contributed by atoms with Gasteiger partial charge in [0.2, 0.25) is 5.43 Å². The van der Waals surface area contributed by atoms with Gasteiger partial charge in [-0.05, 0) is 42.7 Å². The number of pyridine rings is 1. The van der Waals surface area contributed by atoms with Crippen LogP contribution in [0.15, 0.2) is 60.0 Å². The number of carboxylic acid groups (broad SMARTS) is 1. The SMILES string of the molecule is O=C(O)c1cn(C2CC2)c2cc(N3CCN(Cc4ccc(-n5cncn5)cc4)CC3)c(F)cc2c1=O. The Morgan fingerprint density at radius 1 is 1.08 bits per heavy atom. The topological polar surface area (TPSA) is 96.5 Å². The Morgan fingerprint density at radius 3 is 2.47 bits per heavy atom. The highest BCUT2D eigenvalue weighted by Crippen LogP contribution is 2.38. The molecule has 3 heterocycles. The third kappa shape index (κ3) is 4.13. The summed E-state index contributed by atoms with van der Waals surface area (Å²) < 4.78 is 18.8. The maximum absolute atomic E-state index is 15.2. The van der Waals surface area contributed by atoms with E-state index in [2.05, 4.69) is 27.1 Å². The summed E-state index contributed by atoms with van der Waals surface area (Å²) in [4.78, 5) is 32.6. The molecule has 9 nitrogen and oxygen atoms in total. The number of piperazine rings is 1. The predicted octanol–water partition coefficient (Wildman–Crippen LogP) is 3.08. The Bertz CT molecular complexity index is 1490. The van der Waals surface area contributed by atoms with Gasteiger partial charge in [-0.3, -0.25) is 9.69 Å². The molecule has 2 fully saturated rings. The number of rotatable bonds is 6. The van der Waals surface area contributed by atoms with Crippen LogP contribution < -0.4 is 10.3 Å². The zero-order valence-corrected chi connectivity index (χ0v) is 19.5. The number of fused-ring (bicyclic) bond motifs is 1. The highest BCUT2D eigenvalue weighted by atomic mass is 19.1. The van der Waals surface area contributed by atoms with Gasteiger partial charge in [0.25, 0.3) is 0 Å². The second-order valence-corrected chi connectivity index (χ2v) is 9.41. The van der Waals surface area contributed by atoms with Crippen molar-refractivity contribution in [3.63, 3.8) is 0 Å². The Balaban J connectivity index is 1.20. The summed E-state index contributed by atoms with van der Waals surface area (Å²) in [6.07, 6.45) is 6.42. The number of carboxylic acids is 1. The first-order valence-corrected chi connectivity index (χ1v) is 12.0. The number of aromatic nitrogens is 4. The molecular formula is C26H25FN6O3. The van der Waals surface area contributed by atoms with Crippen LogP contribution in [0, 0.1) is 5.82 Å². The van der Waals surface area contributed by atoms with E-state index in [1.807, 2.05) is 21.6 Å². The first kappa shape index (κ1) is 22.4. The van der Waals surface area contributed by atoms with E-state index in [1.165, 1.54) is 24.2 Å². The van der Waals surface area contributed by atoms with Crippen LogP contribution in [-0.4, -0.2) is 61.5 Å². The van der Waals surface area contributed by atoms with Gasteiger partial charge in [0.1, 0.15) is 24.0 Å². The molecule has 2 aromatic heterocycles. The van der Waals surface area contributed by atoms with E-state index >= 15 is 4.39 Å². The molecule has 2 aliphatic rings. The molecule has 184 valence electrons. The second-order valence-electron chi connectivity index (χ2n) is 9.41. The number of anilines is 1. The van der Waals surface area contributed by atoms with Crippen molar-refractivity contribution in [3.05, 3.63) is 82.4 Å². The number of benzene rings is 2. The summed E-state index contributed by atoms with van der Waals surface area (Å²) in [7, 11) is 0. The number of hydrogen-bond donors (Lipinski definition) is 1. The first-order chi connectivity index (χ1) is 17.5. The van der Waals surface area contributed by atoms with Crippen LogP contribution in [0.2, 0.25) is 0 Å². The molecule has 0 unspecified atom stereocenters. The monoisotopic (exact) mass is 488 g/mol. The van der Waals surface area contributed by atoms with E-state index in [4.69, 9.17) is 0 Å². The number of aromatic carboxylic acids is 1. The third-order valence-corrected chi connectivity index (χ3v) is 7.01. The van der Waals surface area contributed by atoms with E-state index in [0.29, 0.717) is 24.3 Å². The average Bonchev–Trinajstić information content (AvgIpc) is 3.58. The average molecular weight is 489 g/mol. The summed E-state index contributed by atoms with van der Waals surface area (Å²) in [5, 5.41) is 13.7. The molecule has 0 amide bonds. The molecule has 1 aliphatic heterocycles. The summed E-state index contributed by atoms with van der Waals surface area (Å²) >= 11 is 0. The molecule has 2 aromatic carbocycles. The van der Waals surface area contributed by atoms with Gasteiger partial charge >= 0.3 is 5.97 Å². The number of halogens is 1. The van der Waals surface area contributed by atoms with Gasteiger partial charge in [-0.1, -0.05) is 12.1 Å². The Morgan fingerprint density at radius 2 is 1.83 bits per heavy atom. The molecule has 1 saturated heterocycles. The van der Waals surface area contributed by atoms with E-state index in [1.54, 1.807) is 17.1 Å². The largest absolute Gasteiger partial charge is 0.477 e. The van der Waals surface area contributed by atoms with Crippen LogP contribution in [0.1, 0.15) is 34.8 Å². The van der Waals surface area contributed by atoms with Crippen molar-refractivity contribution in [2.45, 2.75) is 25.4 Å². The minimum Gasteiger partial charge on any atom is -0.477 e. The van der Waals surface area contributed by atoms with E-state index in [9.17, 15) is 14.7 Å². The fourth-order valence-corrected chi connectivity index (χ4v) is 4.91. The lowest BCUT2D eigenvalue weighted by Gasteiger charge is -2.36. The Hall–Kier alpha value is -4.05. The molecular weight excluding hydrogens is 463 g/mol. The lowest BCUT2D eigenvalue weighted by molar-refractivity contribution is 0.0695. The van der Waals surface area contributed by atoms with E-state index < -0.39 is 17.2 Å². The molecule has 1 saturated carbocycles. The van der Waals surface area contributed by atoms with Gasteiger partial charge in [0.15, 0.2) is 0 Å². The van der Waals surface area contributed by atoms with Crippen LogP contribution in [0.4, 0.5) is 10.1 Å². The summed E-state index contributed by atoms with van der Waals surface area (Å²) in [5.74, 6) is -1.79. The van der Waals surface area contributed by atoms with E-state index in [-0.39, 0.29) is 17.0 Å². The molecule has 0 spiro atoms. The van der Waals surface area contributed by atoms with Crippen molar-refractivity contribution in [2.24, 2.45) is 0 Å². The van der Waals surface area contributed by atoms with Crippen molar-refractivity contribution in [1.29, 1.82) is 0 Å². The third-order valence-electron chi connectivity index (χ3n) is 7.01. The van der Waals surface area contributed by atoms with Crippen molar-refractivity contribution in [2.75, 3.05) is 31.1 Å². The molecule has 6 rings (SSSR count). The standard InChI is InChI=1S/C26H25FN6O3/c27-22-11-20-23(32(18-5-6-18)14-21(25(20)34)26(35)36)12-24(22)31-9-7-30(8-10-31)13-17-1-3-19(4-2-17)33-16-28-15-29-33/h1-4,11-12,14-16,18H,5-10,13H2,(H,35,36). The highest BCUT2D eigenvalue weighted by molar-refractivity contribution is 5.93. The molecule has 0 bridgehead atoms. The maximum atomic E-state index is 15.2. The zero-order valence-electron chi connectivity index (χ0n) is 19.5. The number of hydrogen-bond acceptors (Lipinski definition) is 6. The minimum absolute atomic E-state index is 0.121. The van der Waals surface area contributed by atoms with Crippen molar-refractivity contribution in [3.8, 4) is 5.69 Å². The summed E-state index contributed by atoms with van der Waals surface area (Å²) in [5.41, 5.74) is 2.24. The minimum atomic E-state index is -1.29. The lowest BCUT2D eigenvalue weighted by Crippen LogP contribution is -2.46. The normalized spacial score (nSPS) is 16.5.